The van der Waals surface area contributed by atoms with Crippen molar-refractivity contribution in [3.63, 3.8) is 0 Å². The van der Waals surface area contributed by atoms with E-state index < -0.39 is 0 Å². The number of nitrogens with one attached hydrogen (secondary N) is 2. The topological polar surface area (TPSA) is 57.3 Å². The summed E-state index contributed by atoms with van der Waals surface area (Å²) < 4.78 is 0. The van der Waals surface area contributed by atoms with Crippen molar-refractivity contribution in [2.45, 2.75) is 26.3 Å². The van der Waals surface area contributed by atoms with Crippen LogP contribution in [0.25, 0.3) is 0 Å². The van der Waals surface area contributed by atoms with E-state index in [0.29, 0.717) is 12.5 Å². The molecule has 132 valence electrons. The number of carbonyl (C=O) groups is 1. The van der Waals surface area contributed by atoms with Crippen LogP contribution in [-0.2, 0) is 6.54 Å². The van der Waals surface area contributed by atoms with Crippen molar-refractivity contribution in [2.75, 3.05) is 24.5 Å². The number of aromatic nitrogens is 1. The summed E-state index contributed by atoms with van der Waals surface area (Å²) in [6.45, 7) is 5.38. The van der Waals surface area contributed by atoms with Crippen LogP contribution in [0.5, 0.6) is 0 Å². The first-order chi connectivity index (χ1) is 12.2. The Hall–Kier alpha value is -2.56. The first kappa shape index (κ1) is 17.3. The molecular weight excluding hydrogens is 312 g/mol. The number of benzene rings is 1. The van der Waals surface area contributed by atoms with Crippen molar-refractivity contribution in [1.29, 1.82) is 0 Å². The maximum atomic E-state index is 11.9. The third-order valence-corrected chi connectivity index (χ3v) is 4.71. The summed E-state index contributed by atoms with van der Waals surface area (Å²) in [7, 11) is 0. The lowest BCUT2D eigenvalue weighted by Crippen LogP contribution is -2.41. The molecule has 0 spiro atoms. The fourth-order valence-corrected chi connectivity index (χ4v) is 3.20. The van der Waals surface area contributed by atoms with Gasteiger partial charge in [0.1, 0.15) is 0 Å². The molecule has 25 heavy (non-hydrogen) atoms. The Morgan fingerprint density at radius 1 is 1.16 bits per heavy atom. The quantitative estimate of drug-likeness (QED) is 0.881. The van der Waals surface area contributed by atoms with Crippen LogP contribution in [-0.4, -0.2) is 30.6 Å². The van der Waals surface area contributed by atoms with E-state index >= 15 is 0 Å². The lowest BCUT2D eigenvalue weighted by molar-refractivity contribution is 0.237. The summed E-state index contributed by atoms with van der Waals surface area (Å²) in [5, 5.41) is 5.92. The van der Waals surface area contributed by atoms with Crippen LogP contribution in [0.3, 0.4) is 0 Å². The third kappa shape index (κ3) is 5.21. The lowest BCUT2D eigenvalue weighted by atomic mass is 9.96. The predicted molar refractivity (Wildman–Crippen MR) is 101 cm³/mol. The Bertz CT molecular complexity index is 681. The van der Waals surface area contributed by atoms with Crippen LogP contribution < -0.4 is 15.5 Å². The number of hydrogen-bond acceptors (Lipinski definition) is 3. The molecule has 1 saturated heterocycles. The largest absolute Gasteiger partial charge is 0.371 e. The van der Waals surface area contributed by atoms with Gasteiger partial charge in [0.05, 0.1) is 0 Å². The standard InChI is InChI=1S/C20H26N4O/c1-16-13-19(7-10-21-16)24-11-8-18(9-12-24)15-23-20(25)22-14-17-5-3-2-4-6-17/h2-7,10,13,18H,8-9,11-12,14-15H2,1H3,(H2,22,23,25). The highest BCUT2D eigenvalue weighted by Gasteiger charge is 2.20. The average Bonchev–Trinajstić information content (AvgIpc) is 2.66. The van der Waals surface area contributed by atoms with Crippen LogP contribution in [0.15, 0.2) is 48.7 Å². The molecule has 1 aliphatic heterocycles. The number of hydrogen-bond donors (Lipinski definition) is 2. The van der Waals surface area contributed by atoms with Crippen LogP contribution in [0.1, 0.15) is 24.1 Å². The number of aryl methyl sites for hydroxylation is 1. The molecule has 1 fully saturated rings. The zero-order valence-electron chi connectivity index (χ0n) is 14.7. The molecule has 0 unspecified atom stereocenters. The lowest BCUT2D eigenvalue weighted by Gasteiger charge is -2.33. The zero-order valence-corrected chi connectivity index (χ0v) is 14.7. The summed E-state index contributed by atoms with van der Waals surface area (Å²) in [5.74, 6) is 0.543. The van der Waals surface area contributed by atoms with Crippen molar-refractivity contribution < 1.29 is 4.79 Å². The van der Waals surface area contributed by atoms with Gasteiger partial charge in [-0.15, -0.1) is 0 Å². The second-order valence-corrected chi connectivity index (χ2v) is 6.64. The van der Waals surface area contributed by atoms with E-state index in [1.54, 1.807) is 0 Å². The molecule has 2 heterocycles. The van der Waals surface area contributed by atoms with Crippen molar-refractivity contribution in [3.05, 3.63) is 59.9 Å². The van der Waals surface area contributed by atoms with E-state index in [2.05, 4.69) is 32.7 Å². The number of nitrogens with zero attached hydrogens (tertiary/aromatic N) is 2. The Kier molecular flexibility index (Phi) is 5.88. The smallest absolute Gasteiger partial charge is 0.315 e. The van der Waals surface area contributed by atoms with E-state index in [-0.39, 0.29) is 6.03 Å². The average molecular weight is 338 g/mol. The van der Waals surface area contributed by atoms with Crippen LogP contribution in [0.4, 0.5) is 10.5 Å². The van der Waals surface area contributed by atoms with Crippen molar-refractivity contribution in [2.24, 2.45) is 5.92 Å². The normalized spacial score (nSPS) is 15.0. The molecule has 2 N–H and O–H groups in total. The van der Waals surface area contributed by atoms with Crippen molar-refractivity contribution in [3.8, 4) is 0 Å². The van der Waals surface area contributed by atoms with Gasteiger partial charge < -0.3 is 15.5 Å². The fourth-order valence-electron chi connectivity index (χ4n) is 3.20. The number of amides is 2. The van der Waals surface area contributed by atoms with Crippen molar-refractivity contribution >= 4 is 11.7 Å². The Morgan fingerprint density at radius 2 is 1.92 bits per heavy atom. The molecule has 0 radical (unpaired) electrons. The summed E-state index contributed by atoms with van der Waals surface area (Å²) in [6, 6.07) is 14.1. The number of pyridine rings is 1. The highest BCUT2D eigenvalue weighted by atomic mass is 16.2. The highest BCUT2D eigenvalue weighted by molar-refractivity contribution is 5.73. The van der Waals surface area contributed by atoms with Gasteiger partial charge in [0.2, 0.25) is 0 Å². The molecule has 3 rings (SSSR count). The Morgan fingerprint density at radius 3 is 2.64 bits per heavy atom. The van der Waals surface area contributed by atoms with Gasteiger partial charge in [-0.1, -0.05) is 30.3 Å². The minimum Gasteiger partial charge on any atom is -0.371 e. The molecule has 5 heteroatoms. The maximum Gasteiger partial charge on any atom is 0.315 e. The van der Waals surface area contributed by atoms with Crippen molar-refractivity contribution in [1.82, 2.24) is 15.6 Å². The highest BCUT2D eigenvalue weighted by Crippen LogP contribution is 2.22. The third-order valence-electron chi connectivity index (χ3n) is 4.71. The molecule has 0 bridgehead atoms. The predicted octanol–water partition coefficient (Wildman–Crippen LogP) is 3.11. The SMILES string of the molecule is Cc1cc(N2CCC(CNC(=O)NCc3ccccc3)CC2)ccn1. The van der Waals surface area contributed by atoms with Gasteiger partial charge in [0.15, 0.2) is 0 Å². The van der Waals surface area contributed by atoms with Gasteiger partial charge in [-0.25, -0.2) is 4.79 Å². The maximum absolute atomic E-state index is 11.9. The minimum atomic E-state index is -0.0870. The van der Waals surface area contributed by atoms with Crippen LogP contribution in [0.2, 0.25) is 0 Å². The van der Waals surface area contributed by atoms with Gasteiger partial charge in [-0.2, -0.15) is 0 Å². The van der Waals surface area contributed by atoms with E-state index in [1.807, 2.05) is 43.5 Å². The molecule has 2 aromatic rings. The van der Waals surface area contributed by atoms with Crippen LogP contribution >= 0.6 is 0 Å². The number of rotatable bonds is 5. The molecule has 1 aromatic carbocycles. The summed E-state index contributed by atoms with van der Waals surface area (Å²) >= 11 is 0. The Balaban J connectivity index is 1.37. The van der Waals surface area contributed by atoms with Gasteiger partial charge in [0.25, 0.3) is 0 Å². The molecule has 0 atom stereocenters. The van der Waals surface area contributed by atoms with E-state index in [4.69, 9.17) is 0 Å². The first-order valence-electron chi connectivity index (χ1n) is 8.94. The number of urea groups is 1. The van der Waals surface area contributed by atoms with Gasteiger partial charge in [0, 0.05) is 43.8 Å². The molecule has 2 amide bonds. The monoisotopic (exact) mass is 338 g/mol. The molecule has 5 nitrogen and oxygen atoms in total. The minimum absolute atomic E-state index is 0.0870. The molecule has 1 aromatic heterocycles. The zero-order chi connectivity index (χ0) is 17.5. The first-order valence-corrected chi connectivity index (χ1v) is 8.94. The summed E-state index contributed by atoms with van der Waals surface area (Å²) in [6.07, 6.45) is 4.07. The Labute approximate surface area is 149 Å². The number of carbonyl (C=O) groups excluding carboxylic acids is 1. The summed E-state index contributed by atoms with van der Waals surface area (Å²) in [4.78, 5) is 18.6. The fraction of sp³-hybridized carbons (Fsp3) is 0.400. The number of anilines is 1. The number of piperidine rings is 1. The van der Waals surface area contributed by atoms with Gasteiger partial charge in [-0.05, 0) is 43.4 Å². The van der Waals surface area contributed by atoms with E-state index in [9.17, 15) is 4.79 Å². The molecule has 1 aliphatic rings. The molecule has 0 saturated carbocycles. The second kappa shape index (κ2) is 8.51. The summed E-state index contributed by atoms with van der Waals surface area (Å²) in [5.41, 5.74) is 3.41. The molecular formula is C20H26N4O. The van der Waals surface area contributed by atoms with E-state index in [1.165, 1.54) is 5.69 Å². The van der Waals surface area contributed by atoms with E-state index in [0.717, 1.165) is 43.7 Å². The van der Waals surface area contributed by atoms with Crippen LogP contribution in [0, 0.1) is 12.8 Å². The molecule has 0 aliphatic carbocycles. The second-order valence-electron chi connectivity index (χ2n) is 6.64. The van der Waals surface area contributed by atoms with Gasteiger partial charge in [-0.3, -0.25) is 4.98 Å². The van der Waals surface area contributed by atoms with Gasteiger partial charge >= 0.3 is 6.03 Å².